The highest BCUT2D eigenvalue weighted by atomic mass is 32.2. The maximum atomic E-state index is 12.7. The van der Waals surface area contributed by atoms with E-state index in [1.807, 2.05) is 32.5 Å². The Labute approximate surface area is 309 Å². The van der Waals surface area contributed by atoms with Gasteiger partial charge in [0.25, 0.3) is 5.82 Å². The van der Waals surface area contributed by atoms with E-state index in [1.165, 1.54) is 32.1 Å². The summed E-state index contributed by atoms with van der Waals surface area (Å²) < 4.78 is 6.63. The molecule has 276 valence electrons. The van der Waals surface area contributed by atoms with Crippen molar-refractivity contribution in [2.24, 2.45) is 0 Å². The fourth-order valence-electron chi connectivity index (χ4n) is 7.26. The number of carboxylic acids is 1. The number of nitrogens with one attached hydrogen (secondary N) is 1. The number of aliphatic carboxylic acids is 1. The van der Waals surface area contributed by atoms with Gasteiger partial charge in [0, 0.05) is 35.7 Å². The zero-order valence-electron chi connectivity index (χ0n) is 32.3. The van der Waals surface area contributed by atoms with Crippen LogP contribution < -0.4 is 14.8 Å². The maximum Gasteiger partial charge on any atom is 0.362 e. The number of likely N-dealkylation sites (N-methyl/N-ethyl adjacent to an activating group) is 2. The summed E-state index contributed by atoms with van der Waals surface area (Å²) in [5.41, 5.74) is 4.34. The van der Waals surface area contributed by atoms with Gasteiger partial charge in [-0.1, -0.05) is 42.1 Å². The van der Waals surface area contributed by atoms with E-state index in [9.17, 15) is 14.7 Å². The van der Waals surface area contributed by atoms with Crippen LogP contribution in [-0.4, -0.2) is 104 Å². The number of anilines is 2. The predicted octanol–water partition coefficient (Wildman–Crippen LogP) is 6.85. The number of aryl methyl sites for hydroxylation is 1. The van der Waals surface area contributed by atoms with Crippen molar-refractivity contribution in [3.8, 4) is 0 Å². The van der Waals surface area contributed by atoms with Crippen LogP contribution in [0.4, 0.5) is 11.5 Å². The largest absolute Gasteiger partial charge is 0.477 e. The molecule has 0 radical (unpaired) electrons. The monoisotopic (exact) mass is 718 g/mol. The molecule has 0 aliphatic carbocycles. The topological polar surface area (TPSA) is 84.2 Å². The smallest absolute Gasteiger partial charge is 0.362 e. The summed E-state index contributed by atoms with van der Waals surface area (Å²) in [7, 11) is 6.23. The number of quaternary nitrogens is 2. The lowest BCUT2D eigenvalue weighted by molar-refractivity contribution is -0.947. The second-order valence-corrected chi connectivity index (χ2v) is 18.3. The van der Waals surface area contributed by atoms with Gasteiger partial charge in [0.15, 0.2) is 13.1 Å². The van der Waals surface area contributed by atoms with E-state index in [-0.39, 0.29) is 18.1 Å². The molecule has 3 aromatic rings. The first-order valence-corrected chi connectivity index (χ1v) is 19.3. The van der Waals surface area contributed by atoms with Crippen molar-refractivity contribution in [1.29, 1.82) is 0 Å². The number of benzene rings is 2. The fourth-order valence-corrected chi connectivity index (χ4v) is 8.45. The summed E-state index contributed by atoms with van der Waals surface area (Å²) in [5.74, 6) is 0.0823. The Morgan fingerprint density at radius 2 is 1.69 bits per heavy atom. The summed E-state index contributed by atoms with van der Waals surface area (Å²) in [6.07, 6.45) is 6.33. The van der Waals surface area contributed by atoms with Gasteiger partial charge < -0.3 is 23.7 Å². The lowest BCUT2D eigenvalue weighted by Gasteiger charge is -2.44. The van der Waals surface area contributed by atoms with Crippen molar-refractivity contribution in [2.45, 2.75) is 83.3 Å². The molecule has 3 heterocycles. The number of ether oxygens (including phenoxy) is 1. The quantitative estimate of drug-likeness (QED) is 0.144. The van der Waals surface area contributed by atoms with E-state index in [2.05, 4.69) is 111 Å². The van der Waals surface area contributed by atoms with Crippen LogP contribution in [0.2, 0.25) is 0 Å². The molecule has 0 fully saturated rings. The summed E-state index contributed by atoms with van der Waals surface area (Å²) in [5, 5.41) is 12.2. The first-order chi connectivity index (χ1) is 23.8. The van der Waals surface area contributed by atoms with Crippen molar-refractivity contribution in [3.63, 3.8) is 0 Å². The molecular formula is C41H60N5O4S+3. The molecule has 9 nitrogen and oxygen atoms in total. The molecule has 1 unspecified atom stereocenters. The Hall–Kier alpha value is -3.60. The van der Waals surface area contributed by atoms with Crippen LogP contribution in [0.25, 0.3) is 17.0 Å². The molecule has 0 bridgehead atoms. The van der Waals surface area contributed by atoms with Crippen LogP contribution in [0.1, 0.15) is 71.9 Å². The number of para-hydroxylation sites is 2. The molecule has 1 atom stereocenters. The zero-order chi connectivity index (χ0) is 37.2. The van der Waals surface area contributed by atoms with E-state index in [0.717, 1.165) is 69.7 Å². The van der Waals surface area contributed by atoms with Crippen LogP contribution in [0.5, 0.6) is 0 Å². The number of carboxylic acid groups (broad SMARTS) is 1. The fraction of sp³-hybridized carbons (Fsp3) is 0.537. The number of aromatic nitrogens is 1. The van der Waals surface area contributed by atoms with E-state index in [0.29, 0.717) is 15.5 Å². The average molecular weight is 719 g/mol. The third kappa shape index (κ3) is 9.64. The lowest BCUT2D eigenvalue weighted by atomic mass is 10.0. The Kier molecular flexibility index (Phi) is 11.5. The van der Waals surface area contributed by atoms with Crippen molar-refractivity contribution in [1.82, 2.24) is 0 Å². The van der Waals surface area contributed by atoms with E-state index >= 15 is 0 Å². The van der Waals surface area contributed by atoms with Crippen LogP contribution in [0, 0.1) is 0 Å². The number of hydrogen-bond donors (Lipinski definition) is 1. The van der Waals surface area contributed by atoms with Crippen molar-refractivity contribution in [2.75, 3.05) is 76.8 Å². The summed E-state index contributed by atoms with van der Waals surface area (Å²) in [6.45, 7) is 16.6. The van der Waals surface area contributed by atoms with Gasteiger partial charge in [-0.3, -0.25) is 4.90 Å². The minimum absolute atomic E-state index is 0.0813. The van der Waals surface area contributed by atoms with Gasteiger partial charge >= 0.3 is 11.9 Å². The zero-order valence-corrected chi connectivity index (χ0v) is 33.2. The molecular weight excluding hydrogens is 659 g/mol. The third-order valence-electron chi connectivity index (χ3n) is 10.4. The molecule has 5 rings (SSSR count). The standard InChI is InChI=1S/C41H58N5O4S/c1-40(2,3)46(9,28-37(47)48)25-15-22-43(21-14-24-45(7,8)29-38(49)50-41(4,5)6)35-26-31(32-18-10-11-19-33(32)42-35)27-36-44-23-13-17-30-16-12-20-34(51-36)39(30)44/h10-12,16,18-20,26-27H,13-15,17,21-25,28-29H2,1-9H3/q+1/p+2/b36-27-. The van der Waals surface area contributed by atoms with E-state index < -0.39 is 11.6 Å². The number of fused-ring (bicyclic) bond motifs is 1. The first kappa shape index (κ1) is 38.6. The number of esters is 1. The van der Waals surface area contributed by atoms with Gasteiger partial charge in [-0.25, -0.2) is 14.6 Å². The molecule has 0 saturated heterocycles. The summed E-state index contributed by atoms with van der Waals surface area (Å²) in [6, 6.07) is 17.5. The van der Waals surface area contributed by atoms with E-state index in [4.69, 9.17) is 4.74 Å². The van der Waals surface area contributed by atoms with Crippen molar-refractivity contribution in [3.05, 3.63) is 64.7 Å². The van der Waals surface area contributed by atoms with Crippen molar-refractivity contribution >= 4 is 52.2 Å². The Morgan fingerprint density at radius 1 is 0.980 bits per heavy atom. The highest BCUT2D eigenvalue weighted by molar-refractivity contribution is 8.03. The number of rotatable bonds is 14. The van der Waals surface area contributed by atoms with Gasteiger partial charge in [-0.2, -0.15) is 0 Å². The van der Waals surface area contributed by atoms with Crippen LogP contribution in [0.15, 0.2) is 58.5 Å². The number of carbonyl (C=O) groups is 2. The summed E-state index contributed by atoms with van der Waals surface area (Å²) >= 11 is 1.86. The molecule has 0 saturated carbocycles. The van der Waals surface area contributed by atoms with Crippen LogP contribution >= 0.6 is 11.8 Å². The minimum atomic E-state index is -0.775. The molecule has 2 aliphatic heterocycles. The van der Waals surface area contributed by atoms with Gasteiger partial charge in [-0.05, 0) is 83.7 Å². The molecule has 0 spiro atoms. The molecule has 2 aromatic carbocycles. The van der Waals surface area contributed by atoms with Crippen LogP contribution in [0.3, 0.4) is 0 Å². The maximum absolute atomic E-state index is 12.7. The van der Waals surface area contributed by atoms with Crippen molar-refractivity contribution < 1.29 is 33.4 Å². The molecule has 10 heteroatoms. The average Bonchev–Trinajstić information content (AvgIpc) is 3.36. The molecule has 51 heavy (non-hydrogen) atoms. The lowest BCUT2D eigenvalue weighted by Crippen LogP contribution is -2.60. The van der Waals surface area contributed by atoms with Gasteiger partial charge in [0.05, 0.1) is 63.6 Å². The highest BCUT2D eigenvalue weighted by Gasteiger charge is 2.38. The number of hydrogen-bond acceptors (Lipinski definition) is 6. The molecule has 2 aliphatic rings. The van der Waals surface area contributed by atoms with E-state index in [1.54, 1.807) is 0 Å². The summed E-state index contributed by atoms with van der Waals surface area (Å²) in [4.78, 5) is 34.7. The second-order valence-electron chi connectivity index (χ2n) is 17.2. The van der Waals surface area contributed by atoms with Gasteiger partial charge in [0.1, 0.15) is 11.1 Å². The Bertz CT molecular complexity index is 1780. The molecule has 0 amide bonds. The number of aromatic amines is 1. The predicted molar refractivity (Wildman–Crippen MR) is 209 cm³/mol. The van der Waals surface area contributed by atoms with Gasteiger partial charge in [-0.15, -0.1) is 0 Å². The minimum Gasteiger partial charge on any atom is -0.477 e. The Balaban J connectivity index is 1.44. The number of thioether (sulfide) groups is 1. The number of carbonyl (C=O) groups excluding carboxylic acids is 1. The first-order valence-electron chi connectivity index (χ1n) is 18.4. The number of pyridine rings is 1. The number of nitrogens with zero attached hydrogens (tertiary/aromatic N) is 4. The SMILES string of the molecule is CC(C)(C)OC(=O)C[N+](C)(C)CCCN(CCC[N+](C)(CC(=O)O)C(C)(C)C)c1cc(/C=C2\Sc3cccc4c3N2CCC4)c2ccccc2[nH+]1. The second kappa shape index (κ2) is 15.2. The molecule has 2 N–H and O–H groups in total. The number of H-pyrrole nitrogens is 1. The Morgan fingerprint density at radius 3 is 2.37 bits per heavy atom. The molecule has 1 aromatic heterocycles. The van der Waals surface area contributed by atoms with Crippen LogP contribution in [-0.2, 0) is 20.7 Å². The van der Waals surface area contributed by atoms with Gasteiger partial charge in [0.2, 0.25) is 0 Å². The normalized spacial score (nSPS) is 16.6. The third-order valence-corrected chi connectivity index (χ3v) is 11.5. The highest BCUT2D eigenvalue weighted by Crippen LogP contribution is 2.50.